The van der Waals surface area contributed by atoms with Crippen LogP contribution in [0.2, 0.25) is 5.02 Å². The molecule has 1 aliphatic heterocycles. The molecule has 2 atom stereocenters. The lowest BCUT2D eigenvalue weighted by atomic mass is 10.1. The van der Waals surface area contributed by atoms with Crippen LogP contribution in [0.15, 0.2) is 48.5 Å². The molecule has 2 aromatic rings. The van der Waals surface area contributed by atoms with Gasteiger partial charge in [0.15, 0.2) is 5.37 Å². The van der Waals surface area contributed by atoms with Gasteiger partial charge in [-0.05, 0) is 42.8 Å². The molecule has 3 rings (SSSR count). The first-order valence-electron chi connectivity index (χ1n) is 7.99. The fraction of sp³-hybridized carbons (Fsp3) is 0.235. The Morgan fingerprint density at radius 2 is 1.88 bits per heavy atom. The van der Waals surface area contributed by atoms with Crippen molar-refractivity contribution in [2.45, 2.75) is 12.3 Å². The molecule has 1 fully saturated rings. The van der Waals surface area contributed by atoms with Crippen LogP contribution in [0, 0.1) is 12.8 Å². The van der Waals surface area contributed by atoms with Gasteiger partial charge in [-0.1, -0.05) is 29.8 Å². The Bertz CT molecular complexity index is 905. The second-order valence-corrected chi connectivity index (χ2v) is 8.23. The van der Waals surface area contributed by atoms with Crippen LogP contribution in [-0.4, -0.2) is 26.2 Å². The maximum Gasteiger partial charge on any atom is 0.250 e. The number of hydrazine groups is 1. The molecule has 2 unspecified atom stereocenters. The van der Waals surface area contributed by atoms with E-state index in [2.05, 4.69) is 20.9 Å². The van der Waals surface area contributed by atoms with Crippen LogP contribution in [0.1, 0.15) is 5.56 Å². The van der Waals surface area contributed by atoms with Crippen molar-refractivity contribution in [3.05, 3.63) is 59.1 Å². The minimum absolute atomic E-state index is 0.193. The van der Waals surface area contributed by atoms with Crippen LogP contribution < -0.4 is 20.9 Å². The molecular weight excluding hydrogens is 376 g/mol. The number of rotatable bonds is 5. The van der Waals surface area contributed by atoms with E-state index in [9.17, 15) is 13.2 Å². The molecule has 1 aliphatic rings. The molecule has 0 saturated carbocycles. The predicted molar refractivity (Wildman–Crippen MR) is 102 cm³/mol. The molecule has 26 heavy (non-hydrogen) atoms. The highest BCUT2D eigenvalue weighted by Crippen LogP contribution is 2.22. The Balaban J connectivity index is 1.74. The van der Waals surface area contributed by atoms with Crippen molar-refractivity contribution in [2.75, 3.05) is 16.6 Å². The standard InChI is InChI=1S/C17H19ClN4O3S/c1-11-9-13(7-8-15(11)18)20-16(23)14-10-19-21-17(14)26(24,25)22-12-5-3-2-4-6-12/h2-9,14,17,19,21-22H,10H2,1H3,(H,20,23). The molecule has 0 radical (unpaired) electrons. The van der Waals surface area contributed by atoms with E-state index >= 15 is 0 Å². The Morgan fingerprint density at radius 3 is 2.58 bits per heavy atom. The van der Waals surface area contributed by atoms with Gasteiger partial charge in [-0.25, -0.2) is 13.8 Å². The summed E-state index contributed by atoms with van der Waals surface area (Å²) in [6, 6.07) is 13.6. The summed E-state index contributed by atoms with van der Waals surface area (Å²) in [6.45, 7) is 2.02. The number of hydrogen-bond donors (Lipinski definition) is 4. The van der Waals surface area contributed by atoms with Crippen molar-refractivity contribution < 1.29 is 13.2 Å². The van der Waals surface area contributed by atoms with Gasteiger partial charge >= 0.3 is 0 Å². The summed E-state index contributed by atoms with van der Waals surface area (Å²) in [6.07, 6.45) is 0. The first kappa shape index (κ1) is 18.7. The number of amides is 1. The van der Waals surface area contributed by atoms with Gasteiger partial charge in [0.25, 0.3) is 10.0 Å². The van der Waals surface area contributed by atoms with Gasteiger partial charge in [-0.3, -0.25) is 14.9 Å². The number of carbonyl (C=O) groups excluding carboxylic acids is 1. The number of nitrogens with one attached hydrogen (secondary N) is 4. The van der Waals surface area contributed by atoms with Gasteiger partial charge in [-0.2, -0.15) is 0 Å². The van der Waals surface area contributed by atoms with Gasteiger partial charge in [0, 0.05) is 22.9 Å². The van der Waals surface area contributed by atoms with Crippen molar-refractivity contribution >= 4 is 38.9 Å². The lowest BCUT2D eigenvalue weighted by Crippen LogP contribution is -2.45. The van der Waals surface area contributed by atoms with Crippen molar-refractivity contribution in [1.82, 2.24) is 10.9 Å². The number of benzene rings is 2. The third kappa shape index (κ3) is 4.16. The summed E-state index contributed by atoms with van der Waals surface area (Å²) in [7, 11) is -3.82. The van der Waals surface area contributed by atoms with Crippen LogP contribution in [-0.2, 0) is 14.8 Å². The molecule has 1 amide bonds. The maximum absolute atomic E-state index is 12.7. The van der Waals surface area contributed by atoms with E-state index < -0.39 is 27.2 Å². The molecule has 4 N–H and O–H groups in total. The third-order valence-corrected chi connectivity index (χ3v) is 6.12. The quantitative estimate of drug-likeness (QED) is 0.622. The average molecular weight is 395 g/mol. The smallest absolute Gasteiger partial charge is 0.250 e. The molecule has 0 aromatic heterocycles. The van der Waals surface area contributed by atoms with Crippen molar-refractivity contribution in [3.63, 3.8) is 0 Å². The number of aryl methyl sites for hydroxylation is 1. The number of halogens is 1. The zero-order chi connectivity index (χ0) is 18.7. The van der Waals surface area contributed by atoms with Crippen LogP contribution in [0.4, 0.5) is 11.4 Å². The van der Waals surface area contributed by atoms with Crippen LogP contribution in [0.3, 0.4) is 0 Å². The Hall–Kier alpha value is -2.13. The monoisotopic (exact) mass is 394 g/mol. The van der Waals surface area contributed by atoms with Crippen molar-refractivity contribution in [1.29, 1.82) is 0 Å². The van der Waals surface area contributed by atoms with E-state index in [1.54, 1.807) is 48.5 Å². The Morgan fingerprint density at radius 1 is 1.15 bits per heavy atom. The van der Waals surface area contributed by atoms with Gasteiger partial charge in [0.05, 0.1) is 5.92 Å². The second kappa shape index (κ2) is 7.63. The van der Waals surface area contributed by atoms with Crippen LogP contribution in [0.5, 0.6) is 0 Å². The summed E-state index contributed by atoms with van der Waals surface area (Å²) in [5, 5.41) is 2.24. The van der Waals surface area contributed by atoms with Gasteiger partial charge in [0.1, 0.15) is 0 Å². The summed E-state index contributed by atoms with van der Waals surface area (Å²) < 4.78 is 27.8. The minimum Gasteiger partial charge on any atom is -0.326 e. The number of hydrogen-bond acceptors (Lipinski definition) is 5. The molecular formula is C17H19ClN4O3S. The van der Waals surface area contributed by atoms with E-state index in [1.165, 1.54) is 0 Å². The lowest BCUT2D eigenvalue weighted by Gasteiger charge is -2.19. The molecule has 0 bridgehead atoms. The first-order chi connectivity index (χ1) is 12.4. The predicted octanol–water partition coefficient (Wildman–Crippen LogP) is 2.08. The normalized spacial score (nSPS) is 19.9. The van der Waals surface area contributed by atoms with Crippen molar-refractivity contribution in [2.24, 2.45) is 5.92 Å². The summed E-state index contributed by atoms with van der Waals surface area (Å²) in [5.74, 6) is -1.19. The van der Waals surface area contributed by atoms with Gasteiger partial charge in [-0.15, -0.1) is 0 Å². The number of carbonyl (C=O) groups is 1. The molecule has 9 heteroatoms. The Kier molecular flexibility index (Phi) is 5.47. The fourth-order valence-corrected chi connectivity index (χ4v) is 4.29. The molecule has 1 saturated heterocycles. The first-order valence-corrected chi connectivity index (χ1v) is 9.91. The van der Waals surface area contributed by atoms with E-state index in [0.717, 1.165) is 5.56 Å². The molecule has 138 valence electrons. The summed E-state index contributed by atoms with van der Waals surface area (Å²) in [5.41, 5.74) is 7.25. The zero-order valence-corrected chi connectivity index (χ0v) is 15.6. The highest BCUT2D eigenvalue weighted by atomic mass is 35.5. The second-order valence-electron chi connectivity index (χ2n) is 6.02. The lowest BCUT2D eigenvalue weighted by molar-refractivity contribution is -0.119. The zero-order valence-electron chi connectivity index (χ0n) is 14.0. The van der Waals surface area contributed by atoms with E-state index in [4.69, 9.17) is 11.6 Å². The Labute approximate surface area is 157 Å². The summed E-state index contributed by atoms with van der Waals surface area (Å²) >= 11 is 5.98. The molecule has 7 nitrogen and oxygen atoms in total. The topological polar surface area (TPSA) is 99.3 Å². The van der Waals surface area contributed by atoms with E-state index in [-0.39, 0.29) is 6.54 Å². The average Bonchev–Trinajstić information content (AvgIpc) is 3.10. The van der Waals surface area contributed by atoms with Crippen LogP contribution in [0.25, 0.3) is 0 Å². The molecule has 2 aromatic carbocycles. The van der Waals surface area contributed by atoms with Crippen LogP contribution >= 0.6 is 11.6 Å². The highest BCUT2D eigenvalue weighted by molar-refractivity contribution is 7.93. The molecule has 0 spiro atoms. The molecule has 0 aliphatic carbocycles. The van der Waals surface area contributed by atoms with Gasteiger partial charge < -0.3 is 5.32 Å². The number of para-hydroxylation sites is 1. The number of sulfonamides is 1. The van der Waals surface area contributed by atoms with Gasteiger partial charge in [0.2, 0.25) is 5.91 Å². The number of anilines is 2. The highest BCUT2D eigenvalue weighted by Gasteiger charge is 2.41. The van der Waals surface area contributed by atoms with E-state index in [1.807, 2.05) is 6.92 Å². The fourth-order valence-electron chi connectivity index (χ4n) is 2.69. The molecule has 1 heterocycles. The third-order valence-electron chi connectivity index (χ3n) is 4.06. The van der Waals surface area contributed by atoms with E-state index in [0.29, 0.717) is 16.4 Å². The van der Waals surface area contributed by atoms with Crippen molar-refractivity contribution in [3.8, 4) is 0 Å². The summed E-state index contributed by atoms with van der Waals surface area (Å²) in [4.78, 5) is 12.6. The largest absolute Gasteiger partial charge is 0.326 e. The minimum atomic E-state index is -3.82. The SMILES string of the molecule is Cc1cc(NC(=O)C2CNNC2S(=O)(=O)Nc2ccccc2)ccc1Cl. The maximum atomic E-state index is 12.7.